The molecule has 1 fully saturated rings. The summed E-state index contributed by atoms with van der Waals surface area (Å²) < 4.78 is 13.0. The SMILES string of the molecule is CCNC(C#N)(CN(CC)c1ccc(F)cc1)C1CC1. The topological polar surface area (TPSA) is 39.1 Å². The Kier molecular flexibility index (Phi) is 4.61. The molecule has 0 spiro atoms. The molecule has 0 aromatic heterocycles. The quantitative estimate of drug-likeness (QED) is 0.831. The standard InChI is InChI=1S/C16H22FN3/c1-3-19-16(11-18,13-5-6-13)12-20(4-2)15-9-7-14(17)8-10-15/h7-10,13,19H,3-6,12H2,1-2H3. The number of nitriles is 1. The van der Waals surface area contributed by atoms with Crippen LogP contribution in [0, 0.1) is 23.1 Å². The van der Waals surface area contributed by atoms with E-state index >= 15 is 0 Å². The van der Waals surface area contributed by atoms with E-state index in [9.17, 15) is 9.65 Å². The lowest BCUT2D eigenvalue weighted by molar-refractivity contribution is 0.373. The molecule has 1 unspecified atom stereocenters. The van der Waals surface area contributed by atoms with Crippen LogP contribution in [0.15, 0.2) is 24.3 Å². The van der Waals surface area contributed by atoms with Crippen LogP contribution in [0.5, 0.6) is 0 Å². The van der Waals surface area contributed by atoms with Crippen molar-refractivity contribution in [2.24, 2.45) is 5.92 Å². The molecule has 1 aromatic carbocycles. The van der Waals surface area contributed by atoms with Crippen molar-refractivity contribution in [3.05, 3.63) is 30.1 Å². The van der Waals surface area contributed by atoms with E-state index < -0.39 is 5.54 Å². The molecule has 0 heterocycles. The first kappa shape index (κ1) is 14.8. The second-order valence-corrected chi connectivity index (χ2v) is 5.38. The minimum Gasteiger partial charge on any atom is -0.369 e. The fraction of sp³-hybridized carbons (Fsp3) is 0.562. The Morgan fingerprint density at radius 1 is 1.35 bits per heavy atom. The maximum absolute atomic E-state index is 13.0. The Hall–Kier alpha value is -1.60. The Balaban J connectivity index is 2.18. The third-order valence-electron chi connectivity index (χ3n) is 3.98. The summed E-state index contributed by atoms with van der Waals surface area (Å²) in [5, 5.41) is 13.0. The van der Waals surface area contributed by atoms with Gasteiger partial charge in [0, 0.05) is 18.8 Å². The molecule has 3 nitrogen and oxygen atoms in total. The number of nitrogens with one attached hydrogen (secondary N) is 1. The van der Waals surface area contributed by atoms with E-state index in [0.717, 1.165) is 31.6 Å². The van der Waals surface area contributed by atoms with Gasteiger partial charge in [-0.25, -0.2) is 4.39 Å². The molecule has 0 aliphatic heterocycles. The molecule has 0 radical (unpaired) electrons. The number of hydrogen-bond acceptors (Lipinski definition) is 3. The van der Waals surface area contributed by atoms with Gasteiger partial charge in [-0.15, -0.1) is 0 Å². The second-order valence-electron chi connectivity index (χ2n) is 5.38. The van der Waals surface area contributed by atoms with Gasteiger partial charge in [-0.3, -0.25) is 5.32 Å². The molecule has 1 atom stereocenters. The third-order valence-corrected chi connectivity index (χ3v) is 3.98. The molecule has 20 heavy (non-hydrogen) atoms. The van der Waals surface area contributed by atoms with E-state index in [2.05, 4.69) is 23.2 Å². The molecule has 2 rings (SSSR count). The van der Waals surface area contributed by atoms with Gasteiger partial charge < -0.3 is 4.90 Å². The second kappa shape index (κ2) is 6.23. The molecular formula is C16H22FN3. The van der Waals surface area contributed by atoms with Crippen LogP contribution in [-0.4, -0.2) is 25.2 Å². The Bertz CT molecular complexity index is 475. The van der Waals surface area contributed by atoms with E-state index in [-0.39, 0.29) is 5.82 Å². The predicted octanol–water partition coefficient (Wildman–Crippen LogP) is 2.93. The summed E-state index contributed by atoms with van der Waals surface area (Å²) in [4.78, 5) is 2.14. The number of rotatable bonds is 7. The van der Waals surface area contributed by atoms with Crippen molar-refractivity contribution < 1.29 is 4.39 Å². The zero-order chi connectivity index (χ0) is 14.6. The van der Waals surface area contributed by atoms with Crippen molar-refractivity contribution in [1.29, 1.82) is 5.26 Å². The van der Waals surface area contributed by atoms with Crippen molar-refractivity contribution >= 4 is 5.69 Å². The Morgan fingerprint density at radius 3 is 2.45 bits per heavy atom. The molecule has 0 saturated heterocycles. The molecule has 1 N–H and O–H groups in total. The van der Waals surface area contributed by atoms with Gasteiger partial charge >= 0.3 is 0 Å². The van der Waals surface area contributed by atoms with Gasteiger partial charge in [-0.1, -0.05) is 6.92 Å². The van der Waals surface area contributed by atoms with Crippen LogP contribution in [0.3, 0.4) is 0 Å². The number of hydrogen-bond donors (Lipinski definition) is 1. The largest absolute Gasteiger partial charge is 0.369 e. The van der Waals surface area contributed by atoms with Gasteiger partial charge in [0.15, 0.2) is 0 Å². The third kappa shape index (κ3) is 3.10. The van der Waals surface area contributed by atoms with E-state index in [1.165, 1.54) is 12.1 Å². The highest BCUT2D eigenvalue weighted by atomic mass is 19.1. The number of anilines is 1. The molecule has 108 valence electrons. The van der Waals surface area contributed by atoms with Crippen molar-refractivity contribution in [3.63, 3.8) is 0 Å². The van der Waals surface area contributed by atoms with Gasteiger partial charge in [0.2, 0.25) is 0 Å². The summed E-state index contributed by atoms with van der Waals surface area (Å²) in [7, 11) is 0. The number of benzene rings is 1. The average Bonchev–Trinajstić information content (AvgIpc) is 3.30. The highest BCUT2D eigenvalue weighted by molar-refractivity contribution is 5.47. The number of nitrogens with zero attached hydrogens (tertiary/aromatic N) is 2. The van der Waals surface area contributed by atoms with Gasteiger partial charge in [-0.2, -0.15) is 5.26 Å². The van der Waals surface area contributed by atoms with Crippen LogP contribution in [0.1, 0.15) is 26.7 Å². The van der Waals surface area contributed by atoms with Gasteiger partial charge in [0.05, 0.1) is 6.07 Å². The van der Waals surface area contributed by atoms with Crippen LogP contribution in [0.2, 0.25) is 0 Å². The van der Waals surface area contributed by atoms with Crippen molar-refractivity contribution in [2.75, 3.05) is 24.5 Å². The van der Waals surface area contributed by atoms with Crippen molar-refractivity contribution in [3.8, 4) is 6.07 Å². The van der Waals surface area contributed by atoms with E-state index in [4.69, 9.17) is 0 Å². The van der Waals surface area contributed by atoms with Crippen molar-refractivity contribution in [2.45, 2.75) is 32.2 Å². The Morgan fingerprint density at radius 2 is 2.00 bits per heavy atom. The van der Waals surface area contributed by atoms with Crippen LogP contribution in [0.25, 0.3) is 0 Å². The van der Waals surface area contributed by atoms with Crippen LogP contribution < -0.4 is 10.2 Å². The first-order valence-corrected chi connectivity index (χ1v) is 7.32. The molecule has 1 aromatic rings. The molecule has 4 heteroatoms. The molecular weight excluding hydrogens is 253 g/mol. The monoisotopic (exact) mass is 275 g/mol. The summed E-state index contributed by atoms with van der Waals surface area (Å²) in [6.45, 7) is 6.31. The van der Waals surface area contributed by atoms with Crippen LogP contribution >= 0.6 is 0 Å². The predicted molar refractivity (Wildman–Crippen MR) is 79.0 cm³/mol. The number of likely N-dealkylation sites (N-methyl/N-ethyl adjacent to an activating group) is 2. The lowest BCUT2D eigenvalue weighted by atomic mass is 9.93. The van der Waals surface area contributed by atoms with Gasteiger partial charge in [-0.05, 0) is 56.5 Å². The summed E-state index contributed by atoms with van der Waals surface area (Å²) in [6.07, 6.45) is 2.23. The average molecular weight is 275 g/mol. The minimum atomic E-state index is -0.487. The maximum Gasteiger partial charge on any atom is 0.127 e. The first-order valence-electron chi connectivity index (χ1n) is 7.32. The molecule has 1 saturated carbocycles. The minimum absolute atomic E-state index is 0.231. The molecule has 1 aliphatic carbocycles. The Labute approximate surface area is 120 Å². The zero-order valence-electron chi connectivity index (χ0n) is 12.2. The fourth-order valence-corrected chi connectivity index (χ4v) is 2.73. The van der Waals surface area contributed by atoms with Gasteiger partial charge in [0.1, 0.15) is 11.4 Å². The van der Waals surface area contributed by atoms with Crippen LogP contribution in [-0.2, 0) is 0 Å². The summed E-state index contributed by atoms with van der Waals surface area (Å²) in [5.41, 5.74) is 0.478. The van der Waals surface area contributed by atoms with E-state index in [1.807, 2.05) is 6.92 Å². The molecule has 0 bridgehead atoms. The highest BCUT2D eigenvalue weighted by Gasteiger charge is 2.46. The zero-order valence-corrected chi connectivity index (χ0v) is 12.2. The van der Waals surface area contributed by atoms with Crippen LogP contribution in [0.4, 0.5) is 10.1 Å². The lowest BCUT2D eigenvalue weighted by Gasteiger charge is -2.35. The summed E-state index contributed by atoms with van der Waals surface area (Å²) >= 11 is 0. The van der Waals surface area contributed by atoms with Crippen molar-refractivity contribution in [1.82, 2.24) is 5.32 Å². The molecule has 1 aliphatic rings. The summed E-state index contributed by atoms with van der Waals surface area (Å²) in [5.74, 6) is 0.201. The smallest absolute Gasteiger partial charge is 0.127 e. The van der Waals surface area contributed by atoms with E-state index in [1.54, 1.807) is 12.1 Å². The first-order chi connectivity index (χ1) is 9.65. The fourth-order valence-electron chi connectivity index (χ4n) is 2.73. The lowest BCUT2D eigenvalue weighted by Crippen LogP contribution is -2.54. The van der Waals surface area contributed by atoms with E-state index in [0.29, 0.717) is 12.5 Å². The normalized spacial score (nSPS) is 17.3. The maximum atomic E-state index is 13.0. The highest BCUT2D eigenvalue weighted by Crippen LogP contribution is 2.40. The summed E-state index contributed by atoms with van der Waals surface area (Å²) in [6, 6.07) is 8.99. The molecule has 0 amide bonds. The number of halogens is 1. The van der Waals surface area contributed by atoms with Gasteiger partial charge in [0.25, 0.3) is 0 Å².